The van der Waals surface area contributed by atoms with Crippen LogP contribution in [-0.4, -0.2) is 18.7 Å². The number of fused-ring (bicyclic) bond motifs is 2. The van der Waals surface area contributed by atoms with Crippen molar-refractivity contribution in [3.05, 3.63) is 66.2 Å². The van der Waals surface area contributed by atoms with Crippen molar-refractivity contribution in [3.63, 3.8) is 0 Å². The van der Waals surface area contributed by atoms with Gasteiger partial charge in [-0.2, -0.15) is 8.75 Å². The molecule has 5 rings (SSSR count). The summed E-state index contributed by atoms with van der Waals surface area (Å²) in [5.74, 6) is 0.250. The van der Waals surface area contributed by atoms with E-state index in [1.165, 1.54) is 6.07 Å². The molecule has 0 aliphatic rings. The van der Waals surface area contributed by atoms with Gasteiger partial charge in [-0.15, -0.1) is 0 Å². The highest BCUT2D eigenvalue weighted by Crippen LogP contribution is 2.27. The minimum Gasteiger partial charge on any atom is -0.457 e. The second-order valence-electron chi connectivity index (χ2n) is 6.04. The van der Waals surface area contributed by atoms with Crippen LogP contribution in [0.3, 0.4) is 0 Å². The van der Waals surface area contributed by atoms with Crippen LogP contribution in [0.15, 0.2) is 54.6 Å². The van der Waals surface area contributed by atoms with Crippen LogP contribution in [0, 0.1) is 11.6 Å². The maximum absolute atomic E-state index is 13.8. The molecule has 0 spiro atoms. The topological polar surface area (TPSA) is 75.7 Å². The first-order valence-electron chi connectivity index (χ1n) is 8.26. The molecule has 0 saturated heterocycles. The van der Waals surface area contributed by atoms with Crippen LogP contribution in [0.4, 0.5) is 20.4 Å². The van der Waals surface area contributed by atoms with Gasteiger partial charge >= 0.3 is 0 Å². The molecule has 6 nitrogen and oxygen atoms in total. The van der Waals surface area contributed by atoms with Crippen LogP contribution >= 0.6 is 11.7 Å². The summed E-state index contributed by atoms with van der Waals surface area (Å²) >= 11 is 1.16. The molecule has 2 N–H and O–H groups in total. The molecule has 0 aliphatic heterocycles. The van der Waals surface area contributed by atoms with E-state index in [9.17, 15) is 8.78 Å². The van der Waals surface area contributed by atoms with Crippen LogP contribution in [-0.2, 0) is 0 Å². The number of hydrogen-bond acceptors (Lipinski definition) is 6. The molecule has 138 valence electrons. The van der Waals surface area contributed by atoms with Gasteiger partial charge in [0, 0.05) is 17.8 Å². The Labute approximate surface area is 161 Å². The van der Waals surface area contributed by atoms with E-state index in [2.05, 4.69) is 24.0 Å². The zero-order valence-electron chi connectivity index (χ0n) is 14.1. The lowest BCUT2D eigenvalue weighted by atomic mass is 10.3. The first-order chi connectivity index (χ1) is 13.6. The van der Waals surface area contributed by atoms with Gasteiger partial charge in [0.1, 0.15) is 33.9 Å². The fraction of sp³-hybridized carbons (Fsp3) is 0. The second-order valence-corrected chi connectivity index (χ2v) is 6.56. The Bertz CT molecular complexity index is 1300. The normalized spacial score (nSPS) is 11.2. The maximum atomic E-state index is 13.8. The molecule has 0 radical (unpaired) electrons. The highest BCUT2D eigenvalue weighted by molar-refractivity contribution is 7.00. The van der Waals surface area contributed by atoms with E-state index < -0.39 is 11.6 Å². The molecule has 0 atom stereocenters. The van der Waals surface area contributed by atoms with Gasteiger partial charge in [-0.25, -0.2) is 13.8 Å². The van der Waals surface area contributed by atoms with Crippen molar-refractivity contribution < 1.29 is 13.5 Å². The van der Waals surface area contributed by atoms with Crippen molar-refractivity contribution in [1.82, 2.24) is 18.7 Å². The standard InChI is InChI=1S/C19H11F2N5OS/c20-10-7-14(21)18-17(8-10)23-19(24-18)22-11-1-3-12(4-2-11)27-13-5-6-15-16(9-13)26-28-25-15/h1-9H,(H2,22,23,24). The van der Waals surface area contributed by atoms with Gasteiger partial charge < -0.3 is 15.0 Å². The molecular formula is C19H11F2N5OS. The summed E-state index contributed by atoms with van der Waals surface area (Å²) in [6.07, 6.45) is 0. The molecule has 0 aliphatic carbocycles. The predicted molar refractivity (Wildman–Crippen MR) is 103 cm³/mol. The van der Waals surface area contributed by atoms with E-state index in [-0.39, 0.29) is 11.0 Å². The summed E-state index contributed by atoms with van der Waals surface area (Å²) in [6, 6.07) is 14.7. The molecule has 28 heavy (non-hydrogen) atoms. The Morgan fingerprint density at radius 2 is 1.68 bits per heavy atom. The van der Waals surface area contributed by atoms with Crippen molar-refractivity contribution in [1.29, 1.82) is 0 Å². The number of anilines is 2. The number of H-pyrrole nitrogens is 1. The van der Waals surface area contributed by atoms with Gasteiger partial charge in [-0.1, -0.05) is 0 Å². The van der Waals surface area contributed by atoms with Gasteiger partial charge in [0.25, 0.3) is 0 Å². The van der Waals surface area contributed by atoms with Crippen LogP contribution in [0.1, 0.15) is 0 Å². The van der Waals surface area contributed by atoms with E-state index in [4.69, 9.17) is 4.74 Å². The Kier molecular flexibility index (Phi) is 3.87. The SMILES string of the molecule is Fc1cc(F)c2nc(Nc3ccc(Oc4ccc5nsnc5c4)cc3)[nH]c2c1. The van der Waals surface area contributed by atoms with Crippen LogP contribution in [0.25, 0.3) is 22.1 Å². The molecule has 2 heterocycles. The third-order valence-corrected chi connectivity index (χ3v) is 4.64. The van der Waals surface area contributed by atoms with Crippen molar-refractivity contribution in [2.75, 3.05) is 5.32 Å². The van der Waals surface area contributed by atoms with Crippen LogP contribution in [0.5, 0.6) is 11.5 Å². The number of benzene rings is 3. The molecule has 5 aromatic rings. The summed E-state index contributed by atoms with van der Waals surface area (Å²) in [7, 11) is 0. The highest BCUT2D eigenvalue weighted by Gasteiger charge is 2.10. The smallest absolute Gasteiger partial charge is 0.205 e. The van der Waals surface area contributed by atoms with Crippen LogP contribution < -0.4 is 10.1 Å². The number of aromatic amines is 1. The molecule has 3 aromatic carbocycles. The number of hydrogen-bond donors (Lipinski definition) is 2. The molecule has 9 heteroatoms. The summed E-state index contributed by atoms with van der Waals surface area (Å²) in [6.45, 7) is 0. The highest BCUT2D eigenvalue weighted by atomic mass is 32.1. The predicted octanol–water partition coefficient (Wildman–Crippen LogP) is 5.38. The van der Waals surface area contributed by atoms with Gasteiger partial charge in [0.2, 0.25) is 5.95 Å². The number of aromatic nitrogens is 4. The molecule has 0 fully saturated rings. The third-order valence-electron chi connectivity index (χ3n) is 4.08. The van der Waals surface area contributed by atoms with Gasteiger partial charge in [0.05, 0.1) is 17.2 Å². The molecular weight excluding hydrogens is 384 g/mol. The first kappa shape index (κ1) is 16.6. The van der Waals surface area contributed by atoms with Crippen LogP contribution in [0.2, 0.25) is 0 Å². The average Bonchev–Trinajstić information content (AvgIpc) is 3.29. The van der Waals surface area contributed by atoms with E-state index in [0.29, 0.717) is 23.1 Å². The maximum Gasteiger partial charge on any atom is 0.205 e. The van der Waals surface area contributed by atoms with E-state index >= 15 is 0 Å². The lowest BCUT2D eigenvalue weighted by molar-refractivity contribution is 0.483. The zero-order chi connectivity index (χ0) is 19.1. The lowest BCUT2D eigenvalue weighted by Gasteiger charge is -2.07. The quantitative estimate of drug-likeness (QED) is 0.427. The number of imidazole rings is 1. The third kappa shape index (κ3) is 3.12. The van der Waals surface area contributed by atoms with Crippen molar-refractivity contribution in [2.24, 2.45) is 0 Å². The molecule has 0 bridgehead atoms. The number of halogens is 2. The Balaban J connectivity index is 1.34. The number of nitrogens with one attached hydrogen (secondary N) is 2. The molecule has 0 saturated carbocycles. The fourth-order valence-electron chi connectivity index (χ4n) is 2.81. The fourth-order valence-corrected chi connectivity index (χ4v) is 3.32. The van der Waals surface area contributed by atoms with Gasteiger partial charge in [-0.05, 0) is 42.5 Å². The first-order valence-corrected chi connectivity index (χ1v) is 8.99. The molecule has 0 amide bonds. The van der Waals surface area contributed by atoms with Crippen molar-refractivity contribution >= 4 is 45.4 Å². The Hall–Kier alpha value is -3.59. The largest absolute Gasteiger partial charge is 0.457 e. The number of rotatable bonds is 4. The monoisotopic (exact) mass is 395 g/mol. The number of ether oxygens (including phenoxy) is 1. The molecule has 0 unspecified atom stereocenters. The molecule has 2 aromatic heterocycles. The second kappa shape index (κ2) is 6.54. The van der Waals surface area contributed by atoms with Crippen molar-refractivity contribution in [2.45, 2.75) is 0 Å². The van der Waals surface area contributed by atoms with E-state index in [1.54, 1.807) is 24.3 Å². The summed E-state index contributed by atoms with van der Waals surface area (Å²) in [5, 5.41) is 3.02. The summed E-state index contributed by atoms with van der Waals surface area (Å²) < 4.78 is 41.2. The Morgan fingerprint density at radius 1 is 0.893 bits per heavy atom. The minimum atomic E-state index is -0.713. The Morgan fingerprint density at radius 3 is 2.54 bits per heavy atom. The number of nitrogens with zero attached hydrogens (tertiary/aromatic N) is 3. The average molecular weight is 395 g/mol. The van der Waals surface area contributed by atoms with Gasteiger partial charge in [0.15, 0.2) is 5.82 Å². The van der Waals surface area contributed by atoms with Crippen molar-refractivity contribution in [3.8, 4) is 11.5 Å². The minimum absolute atomic E-state index is 0.0794. The zero-order valence-corrected chi connectivity index (χ0v) is 14.9. The lowest BCUT2D eigenvalue weighted by Crippen LogP contribution is -1.92. The van der Waals surface area contributed by atoms with E-state index in [1.807, 2.05) is 18.2 Å². The van der Waals surface area contributed by atoms with E-state index in [0.717, 1.165) is 28.8 Å². The van der Waals surface area contributed by atoms with Gasteiger partial charge in [-0.3, -0.25) is 0 Å². The summed E-state index contributed by atoms with van der Waals surface area (Å²) in [5.41, 5.74) is 2.70. The summed E-state index contributed by atoms with van der Waals surface area (Å²) in [4.78, 5) is 6.96.